The van der Waals surface area contributed by atoms with E-state index in [1.807, 2.05) is 0 Å². The molecule has 2 amide bonds. The predicted molar refractivity (Wildman–Crippen MR) is 65.6 cm³/mol. The van der Waals surface area contributed by atoms with Crippen molar-refractivity contribution < 1.29 is 9.90 Å². The van der Waals surface area contributed by atoms with E-state index < -0.39 is 6.03 Å². The van der Waals surface area contributed by atoms with Crippen molar-refractivity contribution in [2.75, 3.05) is 10.6 Å². The molecule has 0 radical (unpaired) electrons. The molecule has 7 heteroatoms. The predicted octanol–water partition coefficient (Wildman–Crippen LogP) is 1.12. The highest BCUT2D eigenvalue weighted by Crippen LogP contribution is 2.21. The Kier molecular flexibility index (Phi) is 3.24. The number of phenolic OH excluding ortho intramolecular Hbond substituents is 1. The van der Waals surface area contributed by atoms with Crippen LogP contribution in [0.5, 0.6) is 5.75 Å². The number of rotatable bonds is 2. The van der Waals surface area contributed by atoms with Gasteiger partial charge in [-0.3, -0.25) is 10.1 Å². The Balaban J connectivity index is 2.03. The molecule has 0 spiro atoms. The number of hydrogen-bond acceptors (Lipinski definition) is 4. The van der Waals surface area contributed by atoms with Crippen LogP contribution in [0.2, 0.25) is 0 Å². The molecule has 0 atom stereocenters. The lowest BCUT2D eigenvalue weighted by atomic mass is 10.3. The Bertz CT molecular complexity index is 603. The van der Waals surface area contributed by atoms with Crippen molar-refractivity contribution in [1.82, 2.24) is 10.2 Å². The van der Waals surface area contributed by atoms with E-state index in [4.69, 9.17) is 0 Å². The molecular weight excluding hydrogens is 236 g/mol. The van der Waals surface area contributed by atoms with Crippen molar-refractivity contribution >= 4 is 17.5 Å². The summed E-state index contributed by atoms with van der Waals surface area (Å²) in [6, 6.07) is 8.35. The van der Waals surface area contributed by atoms with Gasteiger partial charge in [0.15, 0.2) is 5.82 Å². The Morgan fingerprint density at radius 2 is 1.94 bits per heavy atom. The van der Waals surface area contributed by atoms with Crippen LogP contribution in [0.25, 0.3) is 0 Å². The molecule has 0 aliphatic rings. The minimum atomic E-state index is -0.573. The van der Waals surface area contributed by atoms with Gasteiger partial charge in [-0.1, -0.05) is 12.1 Å². The largest absolute Gasteiger partial charge is 0.506 e. The Morgan fingerprint density at radius 3 is 2.61 bits per heavy atom. The lowest BCUT2D eigenvalue weighted by molar-refractivity contribution is 0.262. The van der Waals surface area contributed by atoms with E-state index in [1.165, 1.54) is 18.2 Å². The number of aromatic amines is 1. The summed E-state index contributed by atoms with van der Waals surface area (Å²) in [6.45, 7) is 0. The van der Waals surface area contributed by atoms with E-state index in [1.54, 1.807) is 18.2 Å². The van der Waals surface area contributed by atoms with Gasteiger partial charge in [0.05, 0.1) is 5.69 Å². The van der Waals surface area contributed by atoms with Gasteiger partial charge in [0, 0.05) is 6.07 Å². The maximum atomic E-state index is 11.6. The minimum absolute atomic E-state index is 0.0397. The minimum Gasteiger partial charge on any atom is -0.506 e. The lowest BCUT2D eigenvalue weighted by Crippen LogP contribution is -2.21. The highest BCUT2D eigenvalue weighted by Gasteiger charge is 2.06. The number of H-pyrrole nitrogens is 1. The second-order valence-corrected chi connectivity index (χ2v) is 3.40. The van der Waals surface area contributed by atoms with E-state index in [9.17, 15) is 14.7 Å². The molecule has 0 saturated heterocycles. The summed E-state index contributed by atoms with van der Waals surface area (Å²) in [5, 5.41) is 20.1. The van der Waals surface area contributed by atoms with E-state index in [2.05, 4.69) is 20.8 Å². The highest BCUT2D eigenvalue weighted by atomic mass is 16.3. The topological polar surface area (TPSA) is 107 Å². The standard InChI is InChI=1S/C11H10N4O3/c16-8-4-2-1-3-7(8)12-11(18)13-9-5-6-10(17)15-14-9/h1-6,16H,(H,15,17)(H2,12,13,14,18). The zero-order chi connectivity index (χ0) is 13.0. The second-order valence-electron chi connectivity index (χ2n) is 3.40. The molecule has 2 rings (SSSR count). The molecule has 1 aromatic carbocycles. The van der Waals surface area contributed by atoms with Crippen molar-refractivity contribution in [3.63, 3.8) is 0 Å². The first kappa shape index (κ1) is 11.6. The van der Waals surface area contributed by atoms with Gasteiger partial charge in [-0.2, -0.15) is 5.10 Å². The van der Waals surface area contributed by atoms with E-state index >= 15 is 0 Å². The quantitative estimate of drug-likeness (QED) is 0.595. The zero-order valence-electron chi connectivity index (χ0n) is 9.18. The average Bonchev–Trinajstić information content (AvgIpc) is 2.35. The number of phenols is 1. The van der Waals surface area contributed by atoms with Crippen LogP contribution < -0.4 is 16.2 Å². The number of urea groups is 1. The number of amides is 2. The number of para-hydroxylation sites is 2. The number of aromatic hydroxyl groups is 1. The van der Waals surface area contributed by atoms with Crippen LogP contribution in [0.3, 0.4) is 0 Å². The fourth-order valence-corrected chi connectivity index (χ4v) is 1.26. The highest BCUT2D eigenvalue weighted by molar-refractivity contribution is 5.99. The number of aromatic nitrogens is 2. The fourth-order valence-electron chi connectivity index (χ4n) is 1.26. The Hall–Kier alpha value is -2.83. The number of hydrogen-bond donors (Lipinski definition) is 4. The number of nitrogens with zero attached hydrogens (tertiary/aromatic N) is 1. The second kappa shape index (κ2) is 5.00. The van der Waals surface area contributed by atoms with Gasteiger partial charge >= 0.3 is 6.03 Å². The summed E-state index contributed by atoms with van der Waals surface area (Å²) < 4.78 is 0. The molecule has 92 valence electrons. The maximum Gasteiger partial charge on any atom is 0.325 e. The molecule has 1 heterocycles. The molecule has 7 nitrogen and oxygen atoms in total. The summed E-state index contributed by atoms with van der Waals surface area (Å²) in [5.41, 5.74) is -0.0823. The van der Waals surface area contributed by atoms with Crippen LogP contribution in [0.15, 0.2) is 41.2 Å². The summed E-state index contributed by atoms with van der Waals surface area (Å²) >= 11 is 0. The first-order valence-corrected chi connectivity index (χ1v) is 5.07. The average molecular weight is 246 g/mol. The van der Waals surface area contributed by atoms with Crippen molar-refractivity contribution in [2.24, 2.45) is 0 Å². The molecule has 18 heavy (non-hydrogen) atoms. The molecule has 0 aliphatic carbocycles. The van der Waals surface area contributed by atoms with E-state index in [0.29, 0.717) is 0 Å². The Morgan fingerprint density at radius 1 is 1.17 bits per heavy atom. The Labute approximate surface area is 101 Å². The molecule has 0 unspecified atom stereocenters. The number of benzene rings is 1. The third-order valence-corrected chi connectivity index (χ3v) is 2.07. The summed E-state index contributed by atoms with van der Waals surface area (Å²) in [6.07, 6.45) is 0. The monoisotopic (exact) mass is 246 g/mol. The zero-order valence-corrected chi connectivity index (χ0v) is 9.18. The maximum absolute atomic E-state index is 11.6. The summed E-state index contributed by atoms with van der Waals surface area (Å²) in [7, 11) is 0. The smallest absolute Gasteiger partial charge is 0.325 e. The summed E-state index contributed by atoms with van der Waals surface area (Å²) in [4.78, 5) is 22.3. The third kappa shape index (κ3) is 2.85. The van der Waals surface area contributed by atoms with Crippen LogP contribution in [0.1, 0.15) is 0 Å². The van der Waals surface area contributed by atoms with Crippen molar-refractivity contribution in [2.45, 2.75) is 0 Å². The fraction of sp³-hybridized carbons (Fsp3) is 0. The number of anilines is 2. The molecule has 0 fully saturated rings. The molecule has 1 aromatic heterocycles. The van der Waals surface area contributed by atoms with Crippen molar-refractivity contribution in [1.29, 1.82) is 0 Å². The van der Waals surface area contributed by atoms with Crippen LogP contribution >= 0.6 is 0 Å². The van der Waals surface area contributed by atoms with Crippen LogP contribution in [-0.2, 0) is 0 Å². The van der Waals surface area contributed by atoms with E-state index in [0.717, 1.165) is 0 Å². The third-order valence-electron chi connectivity index (χ3n) is 2.07. The summed E-state index contributed by atoms with van der Waals surface area (Å²) in [5.74, 6) is 0.157. The first-order chi connectivity index (χ1) is 8.65. The van der Waals surface area contributed by atoms with Gasteiger partial charge in [-0.15, -0.1) is 0 Å². The van der Waals surface area contributed by atoms with Gasteiger partial charge < -0.3 is 10.4 Å². The van der Waals surface area contributed by atoms with Crippen LogP contribution in [0, 0.1) is 0 Å². The number of nitrogens with one attached hydrogen (secondary N) is 3. The number of carbonyl (C=O) groups is 1. The molecular formula is C11H10N4O3. The molecule has 0 bridgehead atoms. The molecule has 0 aliphatic heterocycles. The van der Waals surface area contributed by atoms with Gasteiger partial charge in [0.1, 0.15) is 5.75 Å². The van der Waals surface area contributed by atoms with Gasteiger partial charge in [0.25, 0.3) is 5.56 Å². The van der Waals surface area contributed by atoms with Gasteiger partial charge in [-0.25, -0.2) is 9.89 Å². The normalized spacial score (nSPS) is 9.78. The molecule has 4 N–H and O–H groups in total. The SMILES string of the molecule is O=C(Nc1ccc(=O)[nH]n1)Nc1ccccc1O. The van der Waals surface area contributed by atoms with Crippen molar-refractivity contribution in [3.05, 3.63) is 46.8 Å². The first-order valence-electron chi connectivity index (χ1n) is 5.07. The number of carbonyl (C=O) groups excluding carboxylic acids is 1. The van der Waals surface area contributed by atoms with Gasteiger partial charge in [0.2, 0.25) is 0 Å². The lowest BCUT2D eigenvalue weighted by Gasteiger charge is -2.07. The van der Waals surface area contributed by atoms with Crippen LogP contribution in [-0.4, -0.2) is 21.3 Å². The van der Waals surface area contributed by atoms with Crippen molar-refractivity contribution in [3.8, 4) is 5.75 Å². The van der Waals surface area contributed by atoms with Crippen LogP contribution in [0.4, 0.5) is 16.3 Å². The van der Waals surface area contributed by atoms with Gasteiger partial charge in [-0.05, 0) is 18.2 Å². The van der Waals surface area contributed by atoms with E-state index in [-0.39, 0.29) is 22.8 Å². The molecule has 2 aromatic rings. The molecule has 0 saturated carbocycles.